The van der Waals surface area contributed by atoms with Crippen molar-refractivity contribution < 1.29 is 19.2 Å². The molecule has 0 fully saturated rings. The van der Waals surface area contributed by atoms with Gasteiger partial charge >= 0.3 is 5.97 Å². The van der Waals surface area contributed by atoms with Crippen LogP contribution in [0.5, 0.6) is 0 Å². The Balaban J connectivity index is 2.92. The number of aromatic carboxylic acids is 1. The smallest absolute Gasteiger partial charge is 0.372 e. The van der Waals surface area contributed by atoms with E-state index in [-0.39, 0.29) is 12.4 Å². The molecule has 1 heterocycles. The van der Waals surface area contributed by atoms with E-state index < -0.39 is 5.97 Å². The van der Waals surface area contributed by atoms with Crippen molar-refractivity contribution in [3.63, 3.8) is 0 Å². The van der Waals surface area contributed by atoms with Gasteiger partial charge in [-0.1, -0.05) is 0 Å². The molecule has 0 aliphatic rings. The zero-order valence-electron chi connectivity index (χ0n) is 6.53. The van der Waals surface area contributed by atoms with Crippen LogP contribution in [0.3, 0.4) is 0 Å². The van der Waals surface area contributed by atoms with Crippen LogP contribution in [0, 0.1) is 6.92 Å². The fourth-order valence-electron chi connectivity index (χ4n) is 0.914. The van der Waals surface area contributed by atoms with Crippen LogP contribution in [0.25, 0.3) is 0 Å². The van der Waals surface area contributed by atoms with E-state index in [1.165, 1.54) is 0 Å². The quantitative estimate of drug-likeness (QED) is 0.653. The molecule has 1 rings (SSSR count). The van der Waals surface area contributed by atoms with Crippen LogP contribution >= 0.6 is 0 Å². The standard InChI is InChI=1S/C7H9NO4/c1-4-2-5(3-11-8)12-6(4)7(9)10/h2H,3,8H2,1H3,(H,9,10). The molecule has 0 aliphatic heterocycles. The Morgan fingerprint density at radius 3 is 2.92 bits per heavy atom. The number of hydrogen-bond acceptors (Lipinski definition) is 4. The molecule has 0 unspecified atom stereocenters. The van der Waals surface area contributed by atoms with Crippen LogP contribution in [-0.2, 0) is 11.4 Å². The summed E-state index contributed by atoms with van der Waals surface area (Å²) in [5.74, 6) is 4.04. The highest BCUT2D eigenvalue weighted by molar-refractivity contribution is 5.86. The zero-order valence-corrected chi connectivity index (χ0v) is 6.53. The predicted octanol–water partition coefficient (Wildman–Crippen LogP) is 0.677. The van der Waals surface area contributed by atoms with Gasteiger partial charge in [-0.2, -0.15) is 0 Å². The molecule has 3 N–H and O–H groups in total. The number of aryl methyl sites for hydroxylation is 1. The van der Waals surface area contributed by atoms with E-state index in [2.05, 4.69) is 4.84 Å². The number of furan rings is 1. The van der Waals surface area contributed by atoms with Gasteiger partial charge in [0.2, 0.25) is 5.76 Å². The summed E-state index contributed by atoms with van der Waals surface area (Å²) < 4.78 is 4.91. The molecule has 1 aromatic rings. The van der Waals surface area contributed by atoms with Gasteiger partial charge in [-0.3, -0.25) is 4.84 Å². The van der Waals surface area contributed by atoms with Crippen LogP contribution in [0.15, 0.2) is 10.5 Å². The molecular formula is C7H9NO4. The van der Waals surface area contributed by atoms with Crippen molar-refractivity contribution in [2.45, 2.75) is 13.5 Å². The summed E-state index contributed by atoms with van der Waals surface area (Å²) >= 11 is 0. The summed E-state index contributed by atoms with van der Waals surface area (Å²) in [6.07, 6.45) is 0. The lowest BCUT2D eigenvalue weighted by Gasteiger charge is -1.90. The first-order valence-electron chi connectivity index (χ1n) is 3.29. The molecule has 0 saturated heterocycles. The van der Waals surface area contributed by atoms with Gasteiger partial charge in [-0.15, -0.1) is 0 Å². The highest BCUT2D eigenvalue weighted by Crippen LogP contribution is 2.14. The van der Waals surface area contributed by atoms with Crippen LogP contribution in [0.4, 0.5) is 0 Å². The van der Waals surface area contributed by atoms with Crippen LogP contribution < -0.4 is 5.90 Å². The van der Waals surface area contributed by atoms with Crippen LogP contribution in [0.1, 0.15) is 21.9 Å². The Hall–Kier alpha value is -1.33. The molecule has 0 spiro atoms. The van der Waals surface area contributed by atoms with E-state index >= 15 is 0 Å². The Morgan fingerprint density at radius 1 is 1.83 bits per heavy atom. The van der Waals surface area contributed by atoms with Gasteiger partial charge in [0, 0.05) is 5.56 Å². The second-order valence-electron chi connectivity index (χ2n) is 2.34. The van der Waals surface area contributed by atoms with Gasteiger partial charge in [0.1, 0.15) is 12.4 Å². The lowest BCUT2D eigenvalue weighted by molar-refractivity contribution is 0.0646. The van der Waals surface area contributed by atoms with Crippen LogP contribution in [-0.4, -0.2) is 11.1 Å². The number of carboxylic acid groups (broad SMARTS) is 1. The fraction of sp³-hybridized carbons (Fsp3) is 0.286. The van der Waals surface area contributed by atoms with E-state index in [0.29, 0.717) is 11.3 Å². The van der Waals surface area contributed by atoms with Gasteiger partial charge in [-0.05, 0) is 13.0 Å². The molecule has 0 saturated carbocycles. The van der Waals surface area contributed by atoms with Crippen molar-refractivity contribution in [2.24, 2.45) is 5.90 Å². The second kappa shape index (κ2) is 3.38. The number of nitrogens with two attached hydrogens (primary N) is 1. The van der Waals surface area contributed by atoms with Crippen LogP contribution in [0.2, 0.25) is 0 Å². The van der Waals surface area contributed by atoms with Gasteiger partial charge in [0.25, 0.3) is 0 Å². The third-order valence-corrected chi connectivity index (χ3v) is 1.39. The summed E-state index contributed by atoms with van der Waals surface area (Å²) in [6, 6.07) is 1.58. The molecule has 1 aromatic heterocycles. The lowest BCUT2D eigenvalue weighted by Crippen LogP contribution is -1.97. The maximum absolute atomic E-state index is 10.5. The molecule has 0 atom stereocenters. The topological polar surface area (TPSA) is 85.7 Å². The predicted molar refractivity (Wildman–Crippen MR) is 39.4 cm³/mol. The zero-order chi connectivity index (χ0) is 9.14. The summed E-state index contributed by atoms with van der Waals surface area (Å²) in [5.41, 5.74) is 0.564. The van der Waals surface area contributed by atoms with Crippen molar-refractivity contribution in [2.75, 3.05) is 0 Å². The van der Waals surface area contributed by atoms with E-state index in [0.717, 1.165) is 0 Å². The molecule has 5 heteroatoms. The molecule has 5 nitrogen and oxygen atoms in total. The first-order valence-corrected chi connectivity index (χ1v) is 3.29. The van der Waals surface area contributed by atoms with Gasteiger partial charge in [0.05, 0.1) is 0 Å². The molecule has 0 bridgehead atoms. The normalized spacial score (nSPS) is 10.2. The Morgan fingerprint density at radius 2 is 2.50 bits per heavy atom. The molecule has 0 aliphatic carbocycles. The fourth-order valence-corrected chi connectivity index (χ4v) is 0.914. The maximum Gasteiger partial charge on any atom is 0.372 e. The maximum atomic E-state index is 10.5. The lowest BCUT2D eigenvalue weighted by atomic mass is 10.3. The van der Waals surface area contributed by atoms with E-state index in [1.54, 1.807) is 13.0 Å². The molecule has 12 heavy (non-hydrogen) atoms. The Kier molecular flexibility index (Phi) is 2.47. The van der Waals surface area contributed by atoms with Gasteiger partial charge < -0.3 is 9.52 Å². The molecule has 0 amide bonds. The number of hydrogen-bond donors (Lipinski definition) is 2. The molecule has 0 radical (unpaired) electrons. The largest absolute Gasteiger partial charge is 0.475 e. The third-order valence-electron chi connectivity index (χ3n) is 1.39. The average Bonchev–Trinajstić information content (AvgIpc) is 2.32. The van der Waals surface area contributed by atoms with Crippen molar-refractivity contribution >= 4 is 5.97 Å². The van der Waals surface area contributed by atoms with Crippen molar-refractivity contribution in [3.05, 3.63) is 23.2 Å². The minimum Gasteiger partial charge on any atom is -0.475 e. The van der Waals surface area contributed by atoms with Crippen molar-refractivity contribution in [1.82, 2.24) is 0 Å². The Labute approximate surface area is 68.7 Å². The number of rotatable bonds is 3. The summed E-state index contributed by atoms with van der Waals surface area (Å²) in [5, 5.41) is 8.58. The highest BCUT2D eigenvalue weighted by atomic mass is 16.6. The van der Waals surface area contributed by atoms with E-state index in [4.69, 9.17) is 15.4 Å². The molecule has 0 aromatic carbocycles. The second-order valence-corrected chi connectivity index (χ2v) is 2.34. The number of carboxylic acids is 1. The average molecular weight is 171 g/mol. The van der Waals surface area contributed by atoms with Crippen molar-refractivity contribution in [3.8, 4) is 0 Å². The third kappa shape index (κ3) is 1.63. The van der Waals surface area contributed by atoms with Gasteiger partial charge in [-0.25, -0.2) is 10.7 Å². The van der Waals surface area contributed by atoms with Gasteiger partial charge in [0.15, 0.2) is 0 Å². The van der Waals surface area contributed by atoms with Crippen molar-refractivity contribution in [1.29, 1.82) is 0 Å². The SMILES string of the molecule is Cc1cc(CON)oc1C(=O)O. The van der Waals surface area contributed by atoms with E-state index in [1.807, 2.05) is 0 Å². The highest BCUT2D eigenvalue weighted by Gasteiger charge is 2.13. The minimum atomic E-state index is -1.09. The Bertz CT molecular complexity index is 292. The first kappa shape index (κ1) is 8.76. The molecular weight excluding hydrogens is 162 g/mol. The first-order chi connectivity index (χ1) is 5.65. The minimum absolute atomic E-state index is 0.0675. The summed E-state index contributed by atoms with van der Waals surface area (Å²) in [4.78, 5) is 14.8. The monoisotopic (exact) mass is 171 g/mol. The molecule has 66 valence electrons. The summed E-state index contributed by atoms with van der Waals surface area (Å²) in [7, 11) is 0. The summed E-state index contributed by atoms with van der Waals surface area (Å²) in [6.45, 7) is 1.72. The number of carbonyl (C=O) groups is 1. The van der Waals surface area contributed by atoms with E-state index in [9.17, 15) is 4.79 Å².